The number of carbonyl (C=O) groups excluding carboxylic acids is 4. The first-order chi connectivity index (χ1) is 13.4. The second-order valence-electron chi connectivity index (χ2n) is 6.76. The van der Waals surface area contributed by atoms with Gasteiger partial charge in [-0.15, -0.1) is 0 Å². The summed E-state index contributed by atoms with van der Waals surface area (Å²) in [5.41, 5.74) is 1.15. The minimum Gasteiger partial charge on any atom is -0.494 e. The highest BCUT2D eigenvalue weighted by molar-refractivity contribution is 6.45. The minimum absolute atomic E-state index is 0.0165. The van der Waals surface area contributed by atoms with Crippen molar-refractivity contribution in [1.29, 1.82) is 0 Å². The first-order valence-electron chi connectivity index (χ1n) is 9.14. The van der Waals surface area contributed by atoms with Gasteiger partial charge in [0.1, 0.15) is 0 Å². The molecule has 148 valence electrons. The number of ketones is 1. The number of benzene rings is 1. The molecule has 8 heteroatoms. The fourth-order valence-corrected chi connectivity index (χ4v) is 3.35. The molecule has 0 aromatic heterocycles. The minimum atomic E-state index is -1.04. The van der Waals surface area contributed by atoms with Gasteiger partial charge in [-0.25, -0.2) is 14.1 Å². The Hall–Kier alpha value is -3.03. The molecule has 0 spiro atoms. The largest absolute Gasteiger partial charge is 0.494 e. The van der Waals surface area contributed by atoms with Gasteiger partial charge in [0.15, 0.2) is 17.3 Å². The van der Waals surface area contributed by atoms with Crippen molar-refractivity contribution < 1.29 is 28.3 Å². The number of allylic oxidation sites excluding steroid dienone is 1. The zero-order valence-corrected chi connectivity index (χ0v) is 15.6. The predicted molar refractivity (Wildman–Crippen MR) is 97.3 cm³/mol. The van der Waals surface area contributed by atoms with Crippen LogP contribution in [0.3, 0.4) is 0 Å². The number of imide groups is 2. The highest BCUT2D eigenvalue weighted by Crippen LogP contribution is 2.23. The molecule has 1 heterocycles. The van der Waals surface area contributed by atoms with E-state index in [1.807, 2.05) is 0 Å². The smallest absolute Gasteiger partial charge is 0.334 e. The first kappa shape index (κ1) is 19.7. The third kappa shape index (κ3) is 3.95. The molecular weight excluding hydrogens is 367 g/mol. The normalized spacial score (nSPS) is 17.2. The molecular formula is C20H21FN2O5. The van der Waals surface area contributed by atoms with E-state index >= 15 is 0 Å². The van der Waals surface area contributed by atoms with Crippen LogP contribution >= 0.6 is 0 Å². The Bertz CT molecular complexity index is 864. The number of urea groups is 1. The van der Waals surface area contributed by atoms with Gasteiger partial charge in [0, 0.05) is 12.1 Å². The molecule has 4 amide bonds. The van der Waals surface area contributed by atoms with E-state index in [9.17, 15) is 23.6 Å². The van der Waals surface area contributed by atoms with Gasteiger partial charge in [-0.2, -0.15) is 0 Å². The molecule has 0 atom stereocenters. The molecule has 1 aliphatic heterocycles. The number of amides is 4. The molecule has 1 aromatic carbocycles. The molecule has 0 N–H and O–H groups in total. The maximum absolute atomic E-state index is 13.8. The van der Waals surface area contributed by atoms with E-state index < -0.39 is 36.0 Å². The molecule has 3 rings (SSSR count). The maximum Gasteiger partial charge on any atom is 0.334 e. The second-order valence-corrected chi connectivity index (χ2v) is 6.76. The van der Waals surface area contributed by atoms with Crippen molar-refractivity contribution in [2.75, 3.05) is 20.2 Å². The number of ether oxygens (including phenoxy) is 1. The Morgan fingerprint density at radius 2 is 1.89 bits per heavy atom. The number of halogens is 1. The van der Waals surface area contributed by atoms with Gasteiger partial charge in [-0.3, -0.25) is 19.3 Å². The third-order valence-electron chi connectivity index (χ3n) is 4.95. The molecule has 28 heavy (non-hydrogen) atoms. The number of hydrogen-bond acceptors (Lipinski definition) is 5. The van der Waals surface area contributed by atoms with E-state index in [-0.39, 0.29) is 17.9 Å². The Labute approximate surface area is 161 Å². The molecule has 0 unspecified atom stereocenters. The lowest BCUT2D eigenvalue weighted by Gasteiger charge is -2.17. The third-order valence-corrected chi connectivity index (χ3v) is 4.95. The van der Waals surface area contributed by atoms with Crippen LogP contribution in [0.1, 0.15) is 42.5 Å². The fourth-order valence-electron chi connectivity index (χ4n) is 3.35. The highest BCUT2D eigenvalue weighted by atomic mass is 19.1. The molecule has 1 saturated heterocycles. The van der Waals surface area contributed by atoms with Crippen molar-refractivity contribution in [3.63, 3.8) is 0 Å². The lowest BCUT2D eigenvalue weighted by atomic mass is 9.97. The number of hydrogen-bond donors (Lipinski definition) is 0. The van der Waals surface area contributed by atoms with Crippen LogP contribution in [0.5, 0.6) is 5.75 Å². The monoisotopic (exact) mass is 388 g/mol. The summed E-state index contributed by atoms with van der Waals surface area (Å²) < 4.78 is 18.6. The summed E-state index contributed by atoms with van der Waals surface area (Å²) in [6.45, 7) is -0.508. The standard InChI is InChI=1S/C20H21FN2O5/c1-28-17-8-7-14(11-15(17)21)16(24)12-23-19(26)18(25)22(20(23)27)10-9-13-5-3-2-4-6-13/h5,7-8,11H,2-4,6,9-10,12H2,1H3. The average Bonchev–Trinajstić information content (AvgIpc) is 2.90. The topological polar surface area (TPSA) is 84.0 Å². The molecule has 0 radical (unpaired) electrons. The fraction of sp³-hybridized carbons (Fsp3) is 0.400. The van der Waals surface area contributed by atoms with Crippen LogP contribution in [-0.2, 0) is 9.59 Å². The van der Waals surface area contributed by atoms with Crippen molar-refractivity contribution in [2.24, 2.45) is 0 Å². The molecule has 1 aliphatic carbocycles. The quantitative estimate of drug-likeness (QED) is 0.310. The Morgan fingerprint density at radius 1 is 1.14 bits per heavy atom. The van der Waals surface area contributed by atoms with E-state index in [1.54, 1.807) is 0 Å². The molecule has 7 nitrogen and oxygen atoms in total. The Balaban J connectivity index is 1.66. The van der Waals surface area contributed by atoms with Crippen molar-refractivity contribution in [3.05, 3.63) is 41.2 Å². The van der Waals surface area contributed by atoms with Gasteiger partial charge in [-0.05, 0) is 50.3 Å². The van der Waals surface area contributed by atoms with Crippen molar-refractivity contribution in [1.82, 2.24) is 9.80 Å². The van der Waals surface area contributed by atoms with Crippen molar-refractivity contribution >= 4 is 23.6 Å². The Kier molecular flexibility index (Phi) is 5.87. The van der Waals surface area contributed by atoms with Crippen LogP contribution < -0.4 is 4.74 Å². The number of rotatable bonds is 7. The van der Waals surface area contributed by atoms with Gasteiger partial charge < -0.3 is 4.74 Å². The van der Waals surface area contributed by atoms with Gasteiger partial charge in [0.25, 0.3) is 0 Å². The van der Waals surface area contributed by atoms with E-state index in [0.717, 1.165) is 36.6 Å². The van der Waals surface area contributed by atoms with Crippen LogP contribution in [0.25, 0.3) is 0 Å². The van der Waals surface area contributed by atoms with Crippen LogP contribution in [-0.4, -0.2) is 53.6 Å². The summed E-state index contributed by atoms with van der Waals surface area (Å²) in [7, 11) is 1.30. The number of Topliss-reactive ketones (excluding diaryl/α,β-unsaturated/α-hetero) is 1. The second kappa shape index (κ2) is 8.33. The summed E-state index contributed by atoms with van der Waals surface area (Å²) >= 11 is 0. The summed E-state index contributed by atoms with van der Waals surface area (Å²) in [6, 6.07) is 2.78. The number of nitrogens with zero attached hydrogens (tertiary/aromatic N) is 2. The SMILES string of the molecule is COc1ccc(C(=O)CN2C(=O)C(=O)N(CCC3=CCCCC3)C2=O)cc1F. The van der Waals surface area contributed by atoms with Gasteiger partial charge in [0.05, 0.1) is 13.7 Å². The maximum atomic E-state index is 13.8. The van der Waals surface area contributed by atoms with E-state index in [2.05, 4.69) is 6.08 Å². The zero-order valence-electron chi connectivity index (χ0n) is 15.6. The Morgan fingerprint density at radius 3 is 2.54 bits per heavy atom. The summed E-state index contributed by atoms with van der Waals surface area (Å²) in [5, 5.41) is 0. The van der Waals surface area contributed by atoms with E-state index in [1.165, 1.54) is 24.8 Å². The molecule has 1 aromatic rings. The van der Waals surface area contributed by atoms with Crippen molar-refractivity contribution in [2.45, 2.75) is 32.1 Å². The van der Waals surface area contributed by atoms with Crippen LogP contribution in [0.15, 0.2) is 29.8 Å². The number of methoxy groups -OCH3 is 1. The molecule has 0 bridgehead atoms. The lowest BCUT2D eigenvalue weighted by Crippen LogP contribution is -2.37. The zero-order chi connectivity index (χ0) is 20.3. The number of carbonyl (C=O) groups is 4. The molecule has 2 aliphatic rings. The van der Waals surface area contributed by atoms with Crippen LogP contribution in [0, 0.1) is 5.82 Å². The van der Waals surface area contributed by atoms with Crippen LogP contribution in [0.2, 0.25) is 0 Å². The van der Waals surface area contributed by atoms with Gasteiger partial charge in [-0.1, -0.05) is 11.6 Å². The summed E-state index contributed by atoms with van der Waals surface area (Å²) in [4.78, 5) is 50.7. The van der Waals surface area contributed by atoms with Crippen molar-refractivity contribution in [3.8, 4) is 5.75 Å². The van der Waals surface area contributed by atoms with Gasteiger partial charge in [0.2, 0.25) is 0 Å². The van der Waals surface area contributed by atoms with E-state index in [0.29, 0.717) is 11.3 Å². The van der Waals surface area contributed by atoms with E-state index in [4.69, 9.17) is 4.74 Å². The lowest BCUT2D eigenvalue weighted by molar-refractivity contribution is -0.143. The molecule has 1 fully saturated rings. The summed E-state index contributed by atoms with van der Waals surface area (Å²) in [6.07, 6.45) is 6.74. The molecule has 0 saturated carbocycles. The average molecular weight is 388 g/mol. The predicted octanol–water partition coefficient (Wildman–Crippen LogP) is 2.70. The summed E-state index contributed by atoms with van der Waals surface area (Å²) in [5.74, 6) is -3.37. The highest BCUT2D eigenvalue weighted by Gasteiger charge is 2.44. The van der Waals surface area contributed by atoms with Gasteiger partial charge >= 0.3 is 17.8 Å². The van der Waals surface area contributed by atoms with Crippen LogP contribution in [0.4, 0.5) is 9.18 Å². The first-order valence-corrected chi connectivity index (χ1v) is 9.14.